The van der Waals surface area contributed by atoms with Gasteiger partial charge in [0.2, 0.25) is 0 Å². The van der Waals surface area contributed by atoms with Crippen molar-refractivity contribution >= 4 is 48.3 Å². The lowest BCUT2D eigenvalue weighted by Gasteiger charge is -2.23. The fraction of sp³-hybridized carbons (Fsp3) is 0.448. The number of carbonyl (C=O) groups is 2. The number of methoxy groups -OCH3 is 3. The SMILES string of the molecule is COCP(N[C@@H](C)C(=O)OC(C)C)Oc1cc(/C=C/c2ccc(OP(=O)(COC)NC(C)C=O)cc2)cc(O[PH](=O)COC)c1. The van der Waals surface area contributed by atoms with E-state index in [1.54, 1.807) is 76.2 Å². The van der Waals surface area contributed by atoms with Gasteiger partial charge in [-0.05, 0) is 63.1 Å². The van der Waals surface area contributed by atoms with E-state index in [2.05, 4.69) is 10.2 Å². The molecule has 250 valence electrons. The normalized spacial score (nSPS) is 15.6. The van der Waals surface area contributed by atoms with Gasteiger partial charge in [-0.3, -0.25) is 13.9 Å². The average molecular weight is 689 g/mol. The maximum atomic E-state index is 13.1. The molecule has 0 aliphatic rings. The Morgan fingerprint density at radius 1 is 0.933 bits per heavy atom. The van der Waals surface area contributed by atoms with Gasteiger partial charge in [0.25, 0.3) is 8.03 Å². The second-order valence-electron chi connectivity index (χ2n) is 10.0. The van der Waals surface area contributed by atoms with E-state index >= 15 is 0 Å². The van der Waals surface area contributed by atoms with Crippen molar-refractivity contribution in [1.82, 2.24) is 10.2 Å². The first-order valence-corrected chi connectivity index (χ1v) is 18.7. The van der Waals surface area contributed by atoms with E-state index < -0.39 is 41.9 Å². The molecular formula is C29H43N2O11P3. The maximum Gasteiger partial charge on any atom is 0.342 e. The minimum atomic E-state index is -3.48. The quantitative estimate of drug-likeness (QED) is 0.0693. The van der Waals surface area contributed by atoms with Crippen LogP contribution in [0.25, 0.3) is 12.2 Å². The molecule has 0 saturated carbocycles. The summed E-state index contributed by atoms with van der Waals surface area (Å²) in [5.74, 6) is 0.621. The van der Waals surface area contributed by atoms with Gasteiger partial charge in [-0.15, -0.1) is 0 Å². The van der Waals surface area contributed by atoms with Crippen LogP contribution in [0.5, 0.6) is 17.2 Å². The number of ether oxygens (including phenoxy) is 4. The van der Waals surface area contributed by atoms with E-state index in [-0.39, 0.29) is 25.1 Å². The zero-order valence-electron chi connectivity index (χ0n) is 26.5. The third-order valence-corrected chi connectivity index (χ3v) is 9.90. The first-order valence-electron chi connectivity index (χ1n) is 13.9. The lowest BCUT2D eigenvalue weighted by atomic mass is 10.1. The largest absolute Gasteiger partial charge is 0.462 e. The standard InChI is InChI=1S/C29H43N2O11P3/c1-21(2)39-29(33)23(4)30-43(18-36-5)40-27-14-25(15-28(16-27)41-44(34)19-37-6)9-8-24-10-12-26(13-11-24)42-45(35,20-38-7)31-22(3)17-32/h8-17,21-23,30,44H,18-20H2,1-7H3,(H,31,35)/b9-8+/t22?,23-,43?,45?/m0/s1. The summed E-state index contributed by atoms with van der Waals surface area (Å²) < 4.78 is 63.4. The Morgan fingerprint density at radius 2 is 1.60 bits per heavy atom. The Kier molecular flexibility index (Phi) is 17.0. The summed E-state index contributed by atoms with van der Waals surface area (Å²) >= 11 is 0. The molecule has 2 aromatic carbocycles. The van der Waals surface area contributed by atoms with Crippen LogP contribution in [0.2, 0.25) is 0 Å². The highest BCUT2D eigenvalue weighted by Gasteiger charge is 2.27. The Hall–Kier alpha value is -2.59. The molecule has 0 aromatic heterocycles. The highest BCUT2D eigenvalue weighted by atomic mass is 31.2. The summed E-state index contributed by atoms with van der Waals surface area (Å²) in [6, 6.07) is 10.6. The van der Waals surface area contributed by atoms with Gasteiger partial charge in [-0.25, -0.2) is 10.2 Å². The minimum absolute atomic E-state index is 0.0519. The van der Waals surface area contributed by atoms with E-state index in [0.717, 1.165) is 5.56 Å². The number of hydrogen-bond donors (Lipinski definition) is 2. The molecule has 13 nitrogen and oxygen atoms in total. The molecule has 0 aliphatic carbocycles. The smallest absolute Gasteiger partial charge is 0.342 e. The van der Waals surface area contributed by atoms with Crippen LogP contribution in [0, 0.1) is 0 Å². The Labute approximate surface area is 266 Å². The average Bonchev–Trinajstić information content (AvgIpc) is 2.96. The number of carbonyl (C=O) groups excluding carboxylic acids is 2. The van der Waals surface area contributed by atoms with Crippen LogP contribution in [0.1, 0.15) is 38.8 Å². The summed E-state index contributed by atoms with van der Waals surface area (Å²) in [5, 5.41) is 5.79. The molecule has 2 aromatic rings. The molecule has 0 amide bonds. The number of benzene rings is 2. The van der Waals surface area contributed by atoms with Gasteiger partial charge in [0.15, 0.2) is 8.30 Å². The number of esters is 1. The molecule has 0 fully saturated rings. The van der Waals surface area contributed by atoms with Gasteiger partial charge < -0.3 is 37.3 Å². The van der Waals surface area contributed by atoms with Crippen LogP contribution in [0.15, 0.2) is 42.5 Å². The number of aldehydes is 1. The molecule has 16 heteroatoms. The van der Waals surface area contributed by atoms with Crippen molar-refractivity contribution in [1.29, 1.82) is 0 Å². The predicted octanol–water partition coefficient (Wildman–Crippen LogP) is 5.89. The van der Waals surface area contributed by atoms with E-state index in [4.69, 9.17) is 32.5 Å². The molecule has 45 heavy (non-hydrogen) atoms. The first kappa shape index (κ1) is 38.6. The Morgan fingerprint density at radius 3 is 2.20 bits per heavy atom. The van der Waals surface area contributed by atoms with Gasteiger partial charge >= 0.3 is 13.5 Å². The predicted molar refractivity (Wildman–Crippen MR) is 175 cm³/mol. The van der Waals surface area contributed by atoms with Crippen molar-refractivity contribution in [3.05, 3.63) is 53.6 Å². The highest BCUT2D eigenvalue weighted by molar-refractivity contribution is 7.57. The van der Waals surface area contributed by atoms with Crippen molar-refractivity contribution in [2.75, 3.05) is 40.4 Å². The summed E-state index contributed by atoms with van der Waals surface area (Å²) in [7, 11) is -3.13. The van der Waals surface area contributed by atoms with Gasteiger partial charge in [0, 0.05) is 27.4 Å². The summed E-state index contributed by atoms with van der Waals surface area (Å²) in [5.41, 5.74) is 1.46. The van der Waals surface area contributed by atoms with Gasteiger partial charge in [-0.2, -0.15) is 0 Å². The maximum absolute atomic E-state index is 13.1. The first-order chi connectivity index (χ1) is 21.4. The molecule has 0 bridgehead atoms. The van der Waals surface area contributed by atoms with Crippen LogP contribution in [0.4, 0.5) is 0 Å². The fourth-order valence-corrected chi connectivity index (χ4v) is 7.27. The minimum Gasteiger partial charge on any atom is -0.462 e. The summed E-state index contributed by atoms with van der Waals surface area (Å²) in [4.78, 5) is 23.4. The Bertz CT molecular complexity index is 1330. The van der Waals surface area contributed by atoms with Crippen molar-refractivity contribution in [3.63, 3.8) is 0 Å². The molecule has 0 aliphatic heterocycles. The molecule has 0 heterocycles. The second-order valence-corrected chi connectivity index (χ2v) is 14.7. The Balaban J connectivity index is 2.28. The number of rotatable bonds is 21. The van der Waals surface area contributed by atoms with Crippen molar-refractivity contribution in [2.45, 2.75) is 45.9 Å². The second kappa shape index (κ2) is 19.8. The van der Waals surface area contributed by atoms with Crippen LogP contribution >= 0.6 is 23.8 Å². The van der Waals surface area contributed by atoms with Crippen molar-refractivity contribution in [2.24, 2.45) is 0 Å². The number of hydrogen-bond acceptors (Lipinski definition) is 12. The van der Waals surface area contributed by atoms with E-state index in [1.807, 2.05) is 6.08 Å². The van der Waals surface area contributed by atoms with Crippen LogP contribution in [0.3, 0.4) is 0 Å². The molecule has 0 saturated heterocycles. The van der Waals surface area contributed by atoms with E-state index in [1.165, 1.54) is 21.3 Å². The van der Waals surface area contributed by atoms with E-state index in [9.17, 15) is 18.7 Å². The highest BCUT2D eigenvalue weighted by Crippen LogP contribution is 2.43. The molecule has 0 spiro atoms. The number of nitrogens with one attached hydrogen (secondary N) is 2. The lowest BCUT2D eigenvalue weighted by molar-refractivity contribution is -0.148. The molecule has 5 atom stereocenters. The van der Waals surface area contributed by atoms with Crippen LogP contribution < -0.4 is 23.7 Å². The summed E-state index contributed by atoms with van der Waals surface area (Å²) in [6.07, 6.45) is 3.92. The van der Waals surface area contributed by atoms with Crippen molar-refractivity contribution < 1.29 is 51.2 Å². The van der Waals surface area contributed by atoms with Crippen LogP contribution in [-0.4, -0.2) is 70.8 Å². The molecule has 2 N–H and O–H groups in total. The molecular weight excluding hydrogens is 645 g/mol. The van der Waals surface area contributed by atoms with Gasteiger partial charge in [-0.1, -0.05) is 24.3 Å². The van der Waals surface area contributed by atoms with Crippen molar-refractivity contribution in [3.8, 4) is 17.2 Å². The molecule has 0 radical (unpaired) electrons. The lowest BCUT2D eigenvalue weighted by Crippen LogP contribution is -2.35. The van der Waals surface area contributed by atoms with E-state index in [0.29, 0.717) is 29.1 Å². The summed E-state index contributed by atoms with van der Waals surface area (Å²) in [6.45, 7) is 6.79. The monoisotopic (exact) mass is 688 g/mol. The van der Waals surface area contributed by atoms with Crippen LogP contribution in [-0.2, 0) is 37.7 Å². The third-order valence-electron chi connectivity index (χ3n) is 5.41. The molecule has 2 rings (SSSR count). The third kappa shape index (κ3) is 14.6. The topological polar surface area (TPSA) is 157 Å². The van der Waals surface area contributed by atoms with Gasteiger partial charge in [0.05, 0.1) is 12.1 Å². The van der Waals surface area contributed by atoms with Gasteiger partial charge in [0.1, 0.15) is 48.6 Å². The fourth-order valence-electron chi connectivity index (χ4n) is 3.62. The zero-order valence-corrected chi connectivity index (χ0v) is 29.3. The zero-order chi connectivity index (χ0) is 33.4. The molecule has 4 unspecified atom stereocenters.